The van der Waals surface area contributed by atoms with E-state index in [0.717, 1.165) is 50.1 Å². The third-order valence-corrected chi connectivity index (χ3v) is 2.55. The average Bonchev–Trinajstić information content (AvgIpc) is 2.95. The lowest BCUT2D eigenvalue weighted by atomic mass is 10.3. The molecule has 0 atom stereocenters. The SMILES string of the molecule is CCCc1nnc(CCCNC2CC2)o1. The minimum absolute atomic E-state index is 0.780. The molecular formula is C11H19N3O. The predicted octanol–water partition coefficient (Wildman–Crippen LogP) is 1.71. The van der Waals surface area contributed by atoms with Crippen LogP contribution in [0, 0.1) is 0 Å². The summed E-state index contributed by atoms with van der Waals surface area (Å²) in [6, 6.07) is 0.795. The minimum atomic E-state index is 0.780. The van der Waals surface area contributed by atoms with Gasteiger partial charge in [0.15, 0.2) is 0 Å². The number of aryl methyl sites for hydroxylation is 2. The lowest BCUT2D eigenvalue weighted by Crippen LogP contribution is -2.17. The Balaban J connectivity index is 1.63. The molecule has 0 aliphatic heterocycles. The summed E-state index contributed by atoms with van der Waals surface area (Å²) in [5.41, 5.74) is 0. The second-order valence-electron chi connectivity index (χ2n) is 4.17. The fourth-order valence-electron chi connectivity index (χ4n) is 1.54. The third-order valence-electron chi connectivity index (χ3n) is 2.55. The fourth-order valence-corrected chi connectivity index (χ4v) is 1.54. The number of rotatable bonds is 7. The van der Waals surface area contributed by atoms with Gasteiger partial charge in [-0.1, -0.05) is 6.92 Å². The van der Waals surface area contributed by atoms with Crippen LogP contribution in [0.25, 0.3) is 0 Å². The van der Waals surface area contributed by atoms with Crippen molar-refractivity contribution in [1.29, 1.82) is 0 Å². The fraction of sp³-hybridized carbons (Fsp3) is 0.818. The molecule has 0 amide bonds. The second-order valence-corrected chi connectivity index (χ2v) is 4.17. The monoisotopic (exact) mass is 209 g/mol. The maximum atomic E-state index is 5.50. The van der Waals surface area contributed by atoms with Crippen molar-refractivity contribution in [3.05, 3.63) is 11.8 Å². The Morgan fingerprint density at radius 1 is 1.27 bits per heavy atom. The lowest BCUT2D eigenvalue weighted by Gasteiger charge is -1.99. The molecule has 1 aromatic heterocycles. The van der Waals surface area contributed by atoms with E-state index in [4.69, 9.17) is 4.42 Å². The van der Waals surface area contributed by atoms with Gasteiger partial charge in [-0.3, -0.25) is 0 Å². The van der Waals surface area contributed by atoms with Crippen LogP contribution in [0.1, 0.15) is 44.4 Å². The quantitative estimate of drug-likeness (QED) is 0.694. The van der Waals surface area contributed by atoms with E-state index in [-0.39, 0.29) is 0 Å². The van der Waals surface area contributed by atoms with Crippen LogP contribution in [0.2, 0.25) is 0 Å². The van der Waals surface area contributed by atoms with Crippen LogP contribution < -0.4 is 5.32 Å². The summed E-state index contributed by atoms with van der Waals surface area (Å²) in [7, 11) is 0. The van der Waals surface area contributed by atoms with E-state index in [1.807, 2.05) is 0 Å². The van der Waals surface area contributed by atoms with E-state index < -0.39 is 0 Å². The van der Waals surface area contributed by atoms with Crippen LogP contribution in [-0.2, 0) is 12.8 Å². The summed E-state index contributed by atoms with van der Waals surface area (Å²) in [5, 5.41) is 11.5. The highest BCUT2D eigenvalue weighted by atomic mass is 16.4. The molecule has 84 valence electrons. The molecule has 0 spiro atoms. The summed E-state index contributed by atoms with van der Waals surface area (Å²) < 4.78 is 5.50. The first-order valence-corrected chi connectivity index (χ1v) is 5.93. The van der Waals surface area contributed by atoms with Crippen LogP contribution in [0.3, 0.4) is 0 Å². The van der Waals surface area contributed by atoms with Crippen molar-refractivity contribution in [3.63, 3.8) is 0 Å². The van der Waals surface area contributed by atoms with E-state index in [9.17, 15) is 0 Å². The number of aromatic nitrogens is 2. The average molecular weight is 209 g/mol. The van der Waals surface area contributed by atoms with E-state index in [1.165, 1.54) is 12.8 Å². The Hall–Kier alpha value is -0.900. The van der Waals surface area contributed by atoms with Gasteiger partial charge in [0.1, 0.15) is 0 Å². The van der Waals surface area contributed by atoms with Crippen LogP contribution in [-0.4, -0.2) is 22.8 Å². The molecule has 2 rings (SSSR count). The topological polar surface area (TPSA) is 51.0 Å². The van der Waals surface area contributed by atoms with Gasteiger partial charge in [0, 0.05) is 18.9 Å². The van der Waals surface area contributed by atoms with Crippen molar-refractivity contribution in [2.75, 3.05) is 6.54 Å². The smallest absolute Gasteiger partial charge is 0.216 e. The normalized spacial score (nSPS) is 15.8. The molecule has 15 heavy (non-hydrogen) atoms. The maximum Gasteiger partial charge on any atom is 0.216 e. The molecule has 4 heteroatoms. The number of hydrogen-bond donors (Lipinski definition) is 1. The molecule has 1 heterocycles. The van der Waals surface area contributed by atoms with Crippen molar-refractivity contribution in [1.82, 2.24) is 15.5 Å². The second kappa shape index (κ2) is 5.26. The molecule has 1 fully saturated rings. The molecule has 1 N–H and O–H groups in total. The molecule has 0 saturated heterocycles. The van der Waals surface area contributed by atoms with E-state index in [0.29, 0.717) is 0 Å². The maximum absolute atomic E-state index is 5.50. The van der Waals surface area contributed by atoms with Crippen molar-refractivity contribution >= 4 is 0 Å². The Bertz CT molecular complexity index is 294. The van der Waals surface area contributed by atoms with Crippen molar-refractivity contribution < 1.29 is 4.42 Å². The van der Waals surface area contributed by atoms with Gasteiger partial charge in [0.25, 0.3) is 0 Å². The van der Waals surface area contributed by atoms with Crippen LogP contribution in [0.5, 0.6) is 0 Å². The first-order valence-electron chi connectivity index (χ1n) is 5.93. The number of nitrogens with zero attached hydrogens (tertiary/aromatic N) is 2. The van der Waals surface area contributed by atoms with Gasteiger partial charge in [-0.2, -0.15) is 0 Å². The molecular weight excluding hydrogens is 190 g/mol. The zero-order valence-corrected chi connectivity index (χ0v) is 9.33. The molecule has 0 radical (unpaired) electrons. The van der Waals surface area contributed by atoms with Crippen molar-refractivity contribution in [3.8, 4) is 0 Å². The van der Waals surface area contributed by atoms with Crippen LogP contribution in [0.4, 0.5) is 0 Å². The number of hydrogen-bond acceptors (Lipinski definition) is 4. The van der Waals surface area contributed by atoms with Gasteiger partial charge >= 0.3 is 0 Å². The first kappa shape index (κ1) is 10.6. The highest BCUT2D eigenvalue weighted by molar-refractivity contribution is 4.84. The molecule has 1 saturated carbocycles. The van der Waals surface area contributed by atoms with Crippen LogP contribution in [0.15, 0.2) is 4.42 Å². The third kappa shape index (κ3) is 3.63. The molecule has 0 unspecified atom stereocenters. The molecule has 1 aliphatic carbocycles. The van der Waals surface area contributed by atoms with Gasteiger partial charge in [0.05, 0.1) is 0 Å². The summed E-state index contributed by atoms with van der Waals surface area (Å²) in [5.74, 6) is 1.57. The molecule has 0 aromatic carbocycles. The highest BCUT2D eigenvalue weighted by Crippen LogP contribution is 2.18. The zero-order chi connectivity index (χ0) is 10.5. The van der Waals surface area contributed by atoms with Gasteiger partial charge in [-0.25, -0.2) is 0 Å². The summed E-state index contributed by atoms with van der Waals surface area (Å²) in [4.78, 5) is 0. The van der Waals surface area contributed by atoms with Crippen molar-refractivity contribution in [2.24, 2.45) is 0 Å². The molecule has 0 bridgehead atoms. The Labute approximate surface area is 90.5 Å². The molecule has 1 aliphatic rings. The first-order chi connectivity index (χ1) is 7.38. The van der Waals surface area contributed by atoms with Crippen LogP contribution >= 0.6 is 0 Å². The predicted molar refractivity (Wildman–Crippen MR) is 57.6 cm³/mol. The van der Waals surface area contributed by atoms with Gasteiger partial charge < -0.3 is 9.73 Å². The van der Waals surface area contributed by atoms with Crippen molar-refractivity contribution in [2.45, 2.75) is 51.5 Å². The van der Waals surface area contributed by atoms with E-state index in [2.05, 4.69) is 22.4 Å². The highest BCUT2D eigenvalue weighted by Gasteiger charge is 2.19. The minimum Gasteiger partial charge on any atom is -0.425 e. The zero-order valence-electron chi connectivity index (χ0n) is 9.33. The summed E-state index contributed by atoms with van der Waals surface area (Å²) in [6.45, 7) is 3.18. The van der Waals surface area contributed by atoms with Gasteiger partial charge in [-0.15, -0.1) is 10.2 Å². The lowest BCUT2D eigenvalue weighted by molar-refractivity contribution is 0.439. The molecule has 1 aromatic rings. The summed E-state index contributed by atoms with van der Waals surface area (Å²) in [6.07, 6.45) is 6.64. The van der Waals surface area contributed by atoms with Gasteiger partial charge in [-0.05, 0) is 32.2 Å². The Morgan fingerprint density at radius 2 is 2.00 bits per heavy atom. The Kier molecular flexibility index (Phi) is 3.72. The summed E-state index contributed by atoms with van der Waals surface area (Å²) >= 11 is 0. The van der Waals surface area contributed by atoms with Gasteiger partial charge in [0.2, 0.25) is 11.8 Å². The standard InChI is InChI=1S/C11H19N3O/c1-2-4-10-13-14-11(15-10)5-3-8-12-9-6-7-9/h9,12H,2-8H2,1H3. The largest absolute Gasteiger partial charge is 0.425 e. The molecule has 4 nitrogen and oxygen atoms in total. The van der Waals surface area contributed by atoms with E-state index >= 15 is 0 Å². The van der Waals surface area contributed by atoms with E-state index in [1.54, 1.807) is 0 Å². The Morgan fingerprint density at radius 3 is 2.67 bits per heavy atom. The number of nitrogens with one attached hydrogen (secondary N) is 1.